The highest BCUT2D eigenvalue weighted by Gasteiger charge is 2.49. The average molecular weight is 530 g/mol. The maximum Gasteiger partial charge on any atom is 0.271 e. The molecule has 1 aromatic heterocycles. The molecule has 1 saturated carbocycles. The third kappa shape index (κ3) is 4.67. The van der Waals surface area contributed by atoms with Gasteiger partial charge < -0.3 is 20.5 Å². The number of aromatic nitrogens is 1. The first-order valence-electron chi connectivity index (χ1n) is 12.6. The number of hydrogen-bond acceptors (Lipinski definition) is 4. The van der Waals surface area contributed by atoms with Gasteiger partial charge >= 0.3 is 0 Å². The van der Waals surface area contributed by atoms with E-state index in [4.69, 9.17) is 23.2 Å². The lowest BCUT2D eigenvalue weighted by Gasteiger charge is -2.32. The predicted octanol–water partition coefficient (Wildman–Crippen LogP) is 4.17. The smallest absolute Gasteiger partial charge is 0.271 e. The van der Waals surface area contributed by atoms with Crippen molar-refractivity contribution in [2.45, 2.75) is 63.5 Å². The molecule has 3 atom stereocenters. The van der Waals surface area contributed by atoms with Crippen molar-refractivity contribution in [3.05, 3.63) is 33.9 Å². The van der Waals surface area contributed by atoms with E-state index in [0.29, 0.717) is 47.2 Å². The van der Waals surface area contributed by atoms with Crippen LogP contribution in [0.1, 0.15) is 61.9 Å². The summed E-state index contributed by atoms with van der Waals surface area (Å²) in [5, 5.41) is 16.8. The topological polar surface area (TPSA) is 118 Å². The Labute approximate surface area is 219 Å². The monoisotopic (exact) mass is 529 g/mol. The van der Waals surface area contributed by atoms with Crippen LogP contribution in [-0.2, 0) is 9.59 Å². The number of carbonyl (C=O) groups excluding carboxylic acids is 3. The highest BCUT2D eigenvalue weighted by Crippen LogP contribution is 2.47. The normalized spacial score (nSPS) is 24.0. The van der Waals surface area contributed by atoms with Gasteiger partial charge in [0.25, 0.3) is 5.91 Å². The Hall–Kier alpha value is -2.76. The minimum Gasteiger partial charge on any atom is -0.356 e. The molecule has 0 bridgehead atoms. The van der Waals surface area contributed by atoms with Gasteiger partial charge in [0, 0.05) is 24.4 Å². The molecule has 36 heavy (non-hydrogen) atoms. The lowest BCUT2D eigenvalue weighted by Crippen LogP contribution is -2.49. The van der Waals surface area contributed by atoms with E-state index in [2.05, 4.69) is 21.7 Å². The summed E-state index contributed by atoms with van der Waals surface area (Å²) in [6.45, 7) is 1.08. The van der Waals surface area contributed by atoms with Gasteiger partial charge in [0.1, 0.15) is 17.8 Å². The molecule has 2 saturated heterocycles. The number of nitriles is 1. The molecule has 3 heterocycles. The number of halogens is 2. The first-order chi connectivity index (χ1) is 17.3. The molecule has 10 heteroatoms. The predicted molar refractivity (Wildman–Crippen MR) is 137 cm³/mol. The fourth-order valence-electron chi connectivity index (χ4n) is 6.14. The maximum absolute atomic E-state index is 13.8. The summed E-state index contributed by atoms with van der Waals surface area (Å²) in [5.74, 6) is -0.984. The maximum atomic E-state index is 13.8. The fraction of sp³-hybridized carbons (Fsp3) is 0.538. The highest BCUT2D eigenvalue weighted by atomic mass is 35.5. The quantitative estimate of drug-likeness (QED) is 0.538. The third-order valence-electron chi connectivity index (χ3n) is 8.06. The van der Waals surface area contributed by atoms with E-state index < -0.39 is 12.1 Å². The number of nitrogens with zero attached hydrogens (tertiary/aromatic N) is 2. The molecule has 2 aliphatic heterocycles. The number of likely N-dealkylation sites (tertiary alicyclic amines) is 1. The van der Waals surface area contributed by atoms with E-state index >= 15 is 0 Å². The van der Waals surface area contributed by atoms with Gasteiger partial charge in [-0.2, -0.15) is 5.26 Å². The number of carbonyl (C=O) groups is 3. The molecule has 1 aliphatic carbocycles. The molecule has 190 valence electrons. The van der Waals surface area contributed by atoms with Crippen molar-refractivity contribution in [1.82, 2.24) is 20.5 Å². The number of H-pyrrole nitrogens is 1. The van der Waals surface area contributed by atoms with Crippen LogP contribution in [0, 0.1) is 22.7 Å². The Balaban J connectivity index is 1.39. The zero-order valence-corrected chi connectivity index (χ0v) is 21.4. The minimum absolute atomic E-state index is 0.0825. The zero-order valence-electron chi connectivity index (χ0n) is 19.9. The fourth-order valence-corrected chi connectivity index (χ4v) is 6.52. The number of benzene rings is 1. The second-order valence-corrected chi connectivity index (χ2v) is 11.2. The molecule has 3 N–H and O–H groups in total. The first-order valence-corrected chi connectivity index (χ1v) is 13.3. The molecule has 1 spiro atoms. The minimum atomic E-state index is -0.791. The van der Waals surface area contributed by atoms with E-state index in [-0.39, 0.29) is 35.5 Å². The standard InChI is InChI=1S/C26H29Cl2N5O3/c27-18-5-4-15-11-19(32-22(15)21(18)28)25(36)33-14-26(7-2-1-3-8-26)12-20(33)24(35)31-17(13-29)10-16-6-9-30-23(16)34/h4-5,11,16-17,20,32H,1-3,6-10,12,14H2,(H,30,34)(H,31,35)/t16-,17-,20-/m0/s1. The van der Waals surface area contributed by atoms with Crippen LogP contribution in [0.3, 0.4) is 0 Å². The second kappa shape index (κ2) is 9.95. The van der Waals surface area contributed by atoms with Gasteiger partial charge in [-0.3, -0.25) is 14.4 Å². The van der Waals surface area contributed by atoms with Gasteiger partial charge in [0.15, 0.2) is 0 Å². The summed E-state index contributed by atoms with van der Waals surface area (Å²) >= 11 is 12.5. The summed E-state index contributed by atoms with van der Waals surface area (Å²) in [5.41, 5.74) is 0.829. The lowest BCUT2D eigenvalue weighted by atomic mass is 9.72. The van der Waals surface area contributed by atoms with Crippen molar-refractivity contribution in [2.75, 3.05) is 13.1 Å². The molecule has 3 aliphatic rings. The molecule has 1 aromatic carbocycles. The van der Waals surface area contributed by atoms with Crippen LogP contribution in [0.25, 0.3) is 10.9 Å². The van der Waals surface area contributed by atoms with Crippen LogP contribution < -0.4 is 10.6 Å². The van der Waals surface area contributed by atoms with E-state index in [1.807, 2.05) is 0 Å². The van der Waals surface area contributed by atoms with Gasteiger partial charge in [-0.15, -0.1) is 0 Å². The van der Waals surface area contributed by atoms with Crippen LogP contribution in [0.4, 0.5) is 0 Å². The van der Waals surface area contributed by atoms with Gasteiger partial charge in [0.05, 0.1) is 21.6 Å². The van der Waals surface area contributed by atoms with Crippen LogP contribution in [0.5, 0.6) is 0 Å². The van der Waals surface area contributed by atoms with Crippen LogP contribution >= 0.6 is 23.2 Å². The third-order valence-corrected chi connectivity index (χ3v) is 8.86. The second-order valence-electron chi connectivity index (χ2n) is 10.4. The summed E-state index contributed by atoms with van der Waals surface area (Å²) in [6.07, 6.45) is 6.74. The largest absolute Gasteiger partial charge is 0.356 e. The van der Waals surface area contributed by atoms with Gasteiger partial charge in [0.2, 0.25) is 11.8 Å². The van der Waals surface area contributed by atoms with E-state index in [9.17, 15) is 19.6 Å². The van der Waals surface area contributed by atoms with Crippen molar-refractivity contribution in [3.63, 3.8) is 0 Å². The van der Waals surface area contributed by atoms with Gasteiger partial charge in [-0.25, -0.2) is 0 Å². The Bertz CT molecular complexity index is 1250. The summed E-state index contributed by atoms with van der Waals surface area (Å²) in [6, 6.07) is 5.87. The Morgan fingerprint density at radius 1 is 1.25 bits per heavy atom. The molecule has 0 unspecified atom stereocenters. The first kappa shape index (κ1) is 24.9. The van der Waals surface area contributed by atoms with E-state index in [0.717, 1.165) is 37.5 Å². The van der Waals surface area contributed by atoms with E-state index in [1.54, 1.807) is 23.1 Å². The Morgan fingerprint density at radius 2 is 2.03 bits per heavy atom. The number of aromatic amines is 1. The van der Waals surface area contributed by atoms with Crippen molar-refractivity contribution in [3.8, 4) is 6.07 Å². The molecular formula is C26H29Cl2N5O3. The molecular weight excluding hydrogens is 501 g/mol. The Morgan fingerprint density at radius 3 is 2.72 bits per heavy atom. The van der Waals surface area contributed by atoms with Crippen LogP contribution in [0.15, 0.2) is 18.2 Å². The van der Waals surface area contributed by atoms with Crippen molar-refractivity contribution >= 4 is 51.8 Å². The molecule has 8 nitrogen and oxygen atoms in total. The molecule has 3 amide bonds. The van der Waals surface area contributed by atoms with Gasteiger partial charge in [-0.1, -0.05) is 48.5 Å². The SMILES string of the molecule is N#C[C@H](C[C@@H]1CCNC1=O)NC(=O)[C@@H]1CC2(CCCCC2)CN1C(=O)c1cc2ccc(Cl)c(Cl)c2[nH]1. The summed E-state index contributed by atoms with van der Waals surface area (Å²) in [4.78, 5) is 44.0. The van der Waals surface area contributed by atoms with Crippen LogP contribution in [-0.4, -0.2) is 52.8 Å². The molecule has 0 radical (unpaired) electrons. The number of nitrogens with one attached hydrogen (secondary N) is 3. The Kier molecular flexibility index (Phi) is 6.88. The van der Waals surface area contributed by atoms with Crippen molar-refractivity contribution < 1.29 is 14.4 Å². The molecule has 5 rings (SSSR count). The van der Waals surface area contributed by atoms with Crippen molar-refractivity contribution in [1.29, 1.82) is 5.26 Å². The summed E-state index contributed by atoms with van der Waals surface area (Å²) in [7, 11) is 0. The molecule has 2 aromatic rings. The lowest BCUT2D eigenvalue weighted by molar-refractivity contribution is -0.126. The van der Waals surface area contributed by atoms with E-state index in [1.165, 1.54) is 0 Å². The number of hydrogen-bond donors (Lipinski definition) is 3. The summed E-state index contributed by atoms with van der Waals surface area (Å²) < 4.78 is 0. The molecule has 3 fully saturated rings. The number of amides is 3. The average Bonchev–Trinajstić information content (AvgIpc) is 3.59. The van der Waals surface area contributed by atoms with Crippen LogP contribution in [0.2, 0.25) is 10.0 Å². The zero-order chi connectivity index (χ0) is 25.4. The highest BCUT2D eigenvalue weighted by molar-refractivity contribution is 6.45. The van der Waals surface area contributed by atoms with Gasteiger partial charge in [-0.05, 0) is 49.7 Å². The van der Waals surface area contributed by atoms with Crippen molar-refractivity contribution in [2.24, 2.45) is 11.3 Å². The number of rotatable bonds is 5. The number of fused-ring (bicyclic) bond motifs is 1.